The Balaban J connectivity index is 2.20. The van der Waals surface area contributed by atoms with Gasteiger partial charge in [-0.2, -0.15) is 0 Å². The van der Waals surface area contributed by atoms with E-state index in [-0.39, 0.29) is 22.7 Å². The summed E-state index contributed by atoms with van der Waals surface area (Å²) in [5, 5.41) is 0. The van der Waals surface area contributed by atoms with Crippen LogP contribution in [-0.2, 0) is 28.6 Å². The number of carbonyl (C=O) groups excluding carboxylic acids is 3. The standard InChI is InChI=1S/C20H24O6/c1-12-8-15(21)10-20(3,4)16(12)7-6-14(19(23)24-5)11-25-17-9-13(2)18(22)26-17/h6-9,11,16-17H,10H2,1-5H3/b7-6+,14-11+. The van der Waals surface area contributed by atoms with Crippen molar-refractivity contribution in [3.8, 4) is 0 Å². The van der Waals surface area contributed by atoms with Crippen molar-refractivity contribution in [2.24, 2.45) is 11.3 Å². The van der Waals surface area contributed by atoms with E-state index in [0.717, 1.165) is 5.57 Å². The molecule has 0 radical (unpaired) electrons. The number of cyclic esters (lactones) is 1. The fourth-order valence-electron chi connectivity index (χ4n) is 3.17. The lowest BCUT2D eigenvalue weighted by Gasteiger charge is -2.35. The molecule has 6 nitrogen and oxygen atoms in total. The Labute approximate surface area is 153 Å². The predicted octanol–water partition coefficient (Wildman–Crippen LogP) is 3.01. The second kappa shape index (κ2) is 7.72. The molecule has 140 valence electrons. The van der Waals surface area contributed by atoms with Gasteiger partial charge in [0.1, 0.15) is 6.26 Å². The third-order valence-corrected chi connectivity index (χ3v) is 4.50. The van der Waals surface area contributed by atoms with Crippen LogP contribution >= 0.6 is 0 Å². The molecule has 0 saturated heterocycles. The van der Waals surface area contributed by atoms with Crippen molar-refractivity contribution in [3.05, 3.63) is 47.3 Å². The highest BCUT2D eigenvalue weighted by Crippen LogP contribution is 2.40. The largest absolute Gasteiger partial charge is 0.465 e. The molecule has 6 heteroatoms. The zero-order valence-corrected chi connectivity index (χ0v) is 15.7. The van der Waals surface area contributed by atoms with Gasteiger partial charge >= 0.3 is 11.9 Å². The number of carbonyl (C=O) groups is 3. The first kappa shape index (κ1) is 19.7. The number of methoxy groups -OCH3 is 1. The quantitative estimate of drug-likeness (QED) is 0.325. The molecule has 1 aliphatic carbocycles. The van der Waals surface area contributed by atoms with Crippen LogP contribution in [0.25, 0.3) is 0 Å². The van der Waals surface area contributed by atoms with Gasteiger partial charge in [0.25, 0.3) is 6.29 Å². The molecule has 0 fully saturated rings. The van der Waals surface area contributed by atoms with Crippen molar-refractivity contribution in [1.82, 2.24) is 0 Å². The van der Waals surface area contributed by atoms with E-state index in [0.29, 0.717) is 12.0 Å². The lowest BCUT2D eigenvalue weighted by Crippen LogP contribution is -2.30. The van der Waals surface area contributed by atoms with Gasteiger partial charge in [-0.05, 0) is 31.4 Å². The molecule has 2 rings (SSSR count). The third kappa shape index (κ3) is 4.50. The molecule has 0 saturated carbocycles. The maximum Gasteiger partial charge on any atom is 0.340 e. The molecule has 0 aromatic rings. The van der Waals surface area contributed by atoms with E-state index < -0.39 is 18.2 Å². The molecule has 0 aromatic heterocycles. The number of allylic oxidation sites excluding steroid dienone is 3. The van der Waals surface area contributed by atoms with Gasteiger partial charge in [0, 0.05) is 24.0 Å². The van der Waals surface area contributed by atoms with E-state index in [4.69, 9.17) is 14.2 Å². The summed E-state index contributed by atoms with van der Waals surface area (Å²) in [6, 6.07) is 0. The Bertz CT molecular complexity index is 735. The molecule has 1 aliphatic heterocycles. The van der Waals surface area contributed by atoms with Crippen molar-refractivity contribution in [2.75, 3.05) is 7.11 Å². The summed E-state index contributed by atoms with van der Waals surface area (Å²) < 4.78 is 15.1. The highest BCUT2D eigenvalue weighted by atomic mass is 16.7. The van der Waals surface area contributed by atoms with Gasteiger partial charge in [0.15, 0.2) is 5.78 Å². The minimum Gasteiger partial charge on any atom is -0.465 e. The van der Waals surface area contributed by atoms with Crippen LogP contribution in [0.15, 0.2) is 47.3 Å². The molecule has 0 amide bonds. The lowest BCUT2D eigenvalue weighted by molar-refractivity contribution is -0.152. The summed E-state index contributed by atoms with van der Waals surface area (Å²) >= 11 is 0. The molecule has 0 aromatic carbocycles. The summed E-state index contributed by atoms with van der Waals surface area (Å²) in [6.07, 6.45) is 7.44. The van der Waals surface area contributed by atoms with Crippen LogP contribution in [0.5, 0.6) is 0 Å². The van der Waals surface area contributed by atoms with Crippen molar-refractivity contribution in [1.29, 1.82) is 0 Å². The van der Waals surface area contributed by atoms with Gasteiger partial charge in [-0.25, -0.2) is 9.59 Å². The van der Waals surface area contributed by atoms with E-state index in [9.17, 15) is 14.4 Å². The van der Waals surface area contributed by atoms with Crippen molar-refractivity contribution in [2.45, 2.75) is 40.4 Å². The van der Waals surface area contributed by atoms with Gasteiger partial charge in [-0.1, -0.05) is 25.5 Å². The van der Waals surface area contributed by atoms with Crippen LogP contribution in [0.3, 0.4) is 0 Å². The van der Waals surface area contributed by atoms with Crippen LogP contribution in [0.1, 0.15) is 34.1 Å². The number of hydrogen-bond donors (Lipinski definition) is 0. The van der Waals surface area contributed by atoms with Gasteiger partial charge in [0.2, 0.25) is 0 Å². The average Bonchev–Trinajstić information content (AvgIpc) is 2.86. The Morgan fingerprint density at radius 3 is 2.54 bits per heavy atom. The first-order valence-corrected chi connectivity index (χ1v) is 8.36. The van der Waals surface area contributed by atoms with Crippen molar-refractivity contribution < 1.29 is 28.6 Å². The molecule has 0 spiro atoms. The fourth-order valence-corrected chi connectivity index (χ4v) is 3.17. The van der Waals surface area contributed by atoms with Crippen LogP contribution in [0.4, 0.5) is 0 Å². The second-order valence-corrected chi connectivity index (χ2v) is 7.18. The minimum atomic E-state index is -0.860. The highest BCUT2D eigenvalue weighted by Gasteiger charge is 2.34. The molecule has 2 unspecified atom stereocenters. The maximum absolute atomic E-state index is 12.0. The van der Waals surface area contributed by atoms with Gasteiger partial charge in [0.05, 0.1) is 12.7 Å². The molecular weight excluding hydrogens is 336 g/mol. The van der Waals surface area contributed by atoms with Crippen LogP contribution in [0, 0.1) is 11.3 Å². The smallest absolute Gasteiger partial charge is 0.340 e. The third-order valence-electron chi connectivity index (χ3n) is 4.50. The van der Waals surface area contributed by atoms with Gasteiger partial charge in [-0.3, -0.25) is 4.79 Å². The van der Waals surface area contributed by atoms with E-state index in [1.807, 2.05) is 26.8 Å². The number of esters is 2. The maximum atomic E-state index is 12.0. The average molecular weight is 360 g/mol. The first-order valence-electron chi connectivity index (χ1n) is 8.36. The van der Waals surface area contributed by atoms with E-state index >= 15 is 0 Å². The summed E-state index contributed by atoms with van der Waals surface area (Å²) in [4.78, 5) is 35.1. The van der Waals surface area contributed by atoms with Gasteiger partial charge < -0.3 is 14.2 Å². The number of ether oxygens (including phenoxy) is 3. The zero-order chi connectivity index (χ0) is 19.5. The van der Waals surface area contributed by atoms with Crippen LogP contribution in [-0.4, -0.2) is 31.1 Å². The van der Waals surface area contributed by atoms with E-state index in [1.165, 1.54) is 19.4 Å². The monoisotopic (exact) mass is 360 g/mol. The normalized spacial score (nSPS) is 25.7. The molecule has 26 heavy (non-hydrogen) atoms. The van der Waals surface area contributed by atoms with Crippen molar-refractivity contribution >= 4 is 17.7 Å². The molecular formula is C20H24O6. The van der Waals surface area contributed by atoms with Crippen molar-refractivity contribution in [3.63, 3.8) is 0 Å². The highest BCUT2D eigenvalue weighted by molar-refractivity contribution is 5.93. The predicted molar refractivity (Wildman–Crippen MR) is 94.6 cm³/mol. The Hall–Kier alpha value is -2.63. The molecule has 2 aliphatic rings. The van der Waals surface area contributed by atoms with Gasteiger partial charge in [-0.15, -0.1) is 0 Å². The Kier molecular flexibility index (Phi) is 5.85. The van der Waals surface area contributed by atoms with Crippen LogP contribution < -0.4 is 0 Å². The topological polar surface area (TPSA) is 78.9 Å². The molecule has 0 N–H and O–H groups in total. The number of rotatable bonds is 5. The number of hydrogen-bond acceptors (Lipinski definition) is 6. The van der Waals surface area contributed by atoms with E-state index in [1.54, 1.807) is 19.1 Å². The summed E-state index contributed by atoms with van der Waals surface area (Å²) in [7, 11) is 1.28. The minimum absolute atomic E-state index is 0.000273. The fraction of sp³-hybridized carbons (Fsp3) is 0.450. The van der Waals surface area contributed by atoms with E-state index in [2.05, 4.69) is 0 Å². The second-order valence-electron chi connectivity index (χ2n) is 7.18. The summed E-state index contributed by atoms with van der Waals surface area (Å²) in [6.45, 7) is 7.55. The molecule has 0 bridgehead atoms. The van der Waals surface area contributed by atoms with Crippen LogP contribution in [0.2, 0.25) is 0 Å². The number of ketones is 1. The molecule has 2 atom stereocenters. The Morgan fingerprint density at radius 2 is 2.00 bits per heavy atom. The lowest BCUT2D eigenvalue weighted by atomic mass is 9.68. The first-order chi connectivity index (χ1) is 12.1. The Morgan fingerprint density at radius 1 is 1.31 bits per heavy atom. The summed E-state index contributed by atoms with van der Waals surface area (Å²) in [5.74, 6) is -0.917. The molecule has 1 heterocycles. The SMILES string of the molecule is COC(=O)C(/C=C/C1C(C)=CC(=O)CC1(C)C)=C/OC1C=C(C)C(=O)O1. The summed E-state index contributed by atoms with van der Waals surface area (Å²) in [5.41, 5.74) is 1.32. The zero-order valence-electron chi connectivity index (χ0n) is 15.7.